The van der Waals surface area contributed by atoms with Crippen LogP contribution in [0.15, 0.2) is 42.9 Å². The lowest BCUT2D eigenvalue weighted by molar-refractivity contribution is 0.0950. The standard InChI is InChI=1S/C16H18N4O2/c1-2-6-19-15(21)12-8-13(10-17-9-12)16(22)20-11-14-5-3-4-7-18-14/h3-5,7-10H,2,6,11H2,1H3,(H,19,21)(H,20,22). The number of aromatic nitrogens is 2. The number of carbonyl (C=O) groups is 2. The molecule has 2 aromatic rings. The molecule has 0 aliphatic heterocycles. The third-order valence-electron chi connectivity index (χ3n) is 2.95. The van der Waals surface area contributed by atoms with Crippen molar-refractivity contribution in [1.82, 2.24) is 20.6 Å². The molecule has 0 bridgehead atoms. The highest BCUT2D eigenvalue weighted by Gasteiger charge is 2.11. The summed E-state index contributed by atoms with van der Waals surface area (Å²) in [6.45, 7) is 2.89. The average Bonchev–Trinajstić information content (AvgIpc) is 2.58. The molecule has 22 heavy (non-hydrogen) atoms. The minimum atomic E-state index is -0.289. The van der Waals surface area contributed by atoms with Crippen LogP contribution in [-0.4, -0.2) is 28.3 Å². The van der Waals surface area contributed by atoms with Crippen LogP contribution in [0, 0.1) is 0 Å². The van der Waals surface area contributed by atoms with Crippen molar-refractivity contribution in [3.63, 3.8) is 0 Å². The van der Waals surface area contributed by atoms with Crippen LogP contribution in [0.25, 0.3) is 0 Å². The summed E-state index contributed by atoms with van der Waals surface area (Å²) in [7, 11) is 0. The summed E-state index contributed by atoms with van der Waals surface area (Å²) < 4.78 is 0. The maximum Gasteiger partial charge on any atom is 0.253 e. The zero-order valence-electron chi connectivity index (χ0n) is 12.4. The molecule has 0 aliphatic rings. The first kappa shape index (κ1) is 15.6. The van der Waals surface area contributed by atoms with Crippen LogP contribution in [0.5, 0.6) is 0 Å². The molecule has 0 aromatic carbocycles. The van der Waals surface area contributed by atoms with Crippen molar-refractivity contribution in [3.8, 4) is 0 Å². The summed E-state index contributed by atoms with van der Waals surface area (Å²) in [5.74, 6) is -0.517. The van der Waals surface area contributed by atoms with Gasteiger partial charge in [-0.2, -0.15) is 0 Å². The highest BCUT2D eigenvalue weighted by molar-refractivity contribution is 5.99. The SMILES string of the molecule is CCCNC(=O)c1cncc(C(=O)NCc2ccccn2)c1. The molecule has 2 aromatic heterocycles. The van der Waals surface area contributed by atoms with Gasteiger partial charge in [0.15, 0.2) is 0 Å². The zero-order valence-corrected chi connectivity index (χ0v) is 12.4. The summed E-state index contributed by atoms with van der Waals surface area (Å²) >= 11 is 0. The van der Waals surface area contributed by atoms with Gasteiger partial charge in [-0.05, 0) is 24.6 Å². The predicted octanol–water partition coefficient (Wildman–Crippen LogP) is 1.55. The number of nitrogens with one attached hydrogen (secondary N) is 2. The largest absolute Gasteiger partial charge is 0.352 e. The minimum Gasteiger partial charge on any atom is -0.352 e. The van der Waals surface area contributed by atoms with Crippen molar-refractivity contribution in [1.29, 1.82) is 0 Å². The molecule has 0 saturated heterocycles. The molecule has 6 nitrogen and oxygen atoms in total. The Hall–Kier alpha value is -2.76. The number of hydrogen-bond acceptors (Lipinski definition) is 4. The maximum absolute atomic E-state index is 12.1. The summed E-state index contributed by atoms with van der Waals surface area (Å²) in [6.07, 6.45) is 5.40. The molecule has 2 amide bonds. The molecule has 6 heteroatoms. The van der Waals surface area contributed by atoms with Gasteiger partial charge in [0.1, 0.15) is 0 Å². The van der Waals surface area contributed by atoms with E-state index in [-0.39, 0.29) is 11.8 Å². The first-order valence-corrected chi connectivity index (χ1v) is 7.12. The van der Waals surface area contributed by atoms with E-state index in [1.165, 1.54) is 18.5 Å². The monoisotopic (exact) mass is 298 g/mol. The Morgan fingerprint density at radius 2 is 1.82 bits per heavy atom. The highest BCUT2D eigenvalue weighted by Crippen LogP contribution is 2.04. The van der Waals surface area contributed by atoms with Crippen molar-refractivity contribution < 1.29 is 9.59 Å². The van der Waals surface area contributed by atoms with Crippen molar-refractivity contribution in [2.75, 3.05) is 6.54 Å². The first-order chi connectivity index (χ1) is 10.7. The fraction of sp³-hybridized carbons (Fsp3) is 0.250. The van der Waals surface area contributed by atoms with Crippen molar-refractivity contribution >= 4 is 11.8 Å². The molecule has 0 saturated carbocycles. The lowest BCUT2D eigenvalue weighted by Crippen LogP contribution is -2.26. The van der Waals surface area contributed by atoms with E-state index in [1.807, 2.05) is 25.1 Å². The van der Waals surface area contributed by atoms with Crippen LogP contribution < -0.4 is 10.6 Å². The predicted molar refractivity (Wildman–Crippen MR) is 82.3 cm³/mol. The number of nitrogens with zero attached hydrogens (tertiary/aromatic N) is 2. The van der Waals surface area contributed by atoms with Gasteiger partial charge >= 0.3 is 0 Å². The van der Waals surface area contributed by atoms with Crippen LogP contribution in [-0.2, 0) is 6.54 Å². The van der Waals surface area contributed by atoms with E-state index in [4.69, 9.17) is 0 Å². The number of rotatable bonds is 6. The Morgan fingerprint density at radius 3 is 2.45 bits per heavy atom. The van der Waals surface area contributed by atoms with Crippen molar-refractivity contribution in [2.45, 2.75) is 19.9 Å². The lowest BCUT2D eigenvalue weighted by Gasteiger charge is -2.07. The number of amides is 2. The van der Waals surface area contributed by atoms with E-state index in [1.54, 1.807) is 6.20 Å². The fourth-order valence-electron chi connectivity index (χ4n) is 1.80. The Kier molecular flexibility index (Phi) is 5.59. The topological polar surface area (TPSA) is 84.0 Å². The third kappa shape index (κ3) is 4.37. The van der Waals surface area contributed by atoms with E-state index < -0.39 is 0 Å². The van der Waals surface area contributed by atoms with Gasteiger partial charge in [-0.25, -0.2) is 0 Å². The molecular weight excluding hydrogens is 280 g/mol. The van der Waals surface area contributed by atoms with Gasteiger partial charge in [-0.1, -0.05) is 13.0 Å². The third-order valence-corrected chi connectivity index (χ3v) is 2.95. The maximum atomic E-state index is 12.1. The van der Waals surface area contributed by atoms with Gasteiger partial charge in [0, 0.05) is 25.1 Å². The highest BCUT2D eigenvalue weighted by atomic mass is 16.2. The molecule has 2 heterocycles. The summed E-state index contributed by atoms with van der Waals surface area (Å²) in [6, 6.07) is 7.03. The van der Waals surface area contributed by atoms with E-state index in [9.17, 15) is 9.59 Å². The second kappa shape index (κ2) is 7.87. The van der Waals surface area contributed by atoms with E-state index in [0.29, 0.717) is 24.2 Å². The number of pyridine rings is 2. The summed E-state index contributed by atoms with van der Waals surface area (Å²) in [4.78, 5) is 32.0. The van der Waals surface area contributed by atoms with Gasteiger partial charge in [0.25, 0.3) is 11.8 Å². The summed E-state index contributed by atoms with van der Waals surface area (Å²) in [5, 5.41) is 5.50. The molecule has 0 fully saturated rings. The van der Waals surface area contributed by atoms with Crippen LogP contribution in [0.2, 0.25) is 0 Å². The van der Waals surface area contributed by atoms with Gasteiger partial charge < -0.3 is 10.6 Å². The number of hydrogen-bond donors (Lipinski definition) is 2. The molecule has 0 unspecified atom stereocenters. The fourth-order valence-corrected chi connectivity index (χ4v) is 1.80. The molecule has 0 spiro atoms. The molecule has 2 rings (SSSR count). The number of carbonyl (C=O) groups excluding carboxylic acids is 2. The minimum absolute atomic E-state index is 0.228. The van der Waals surface area contributed by atoms with E-state index in [0.717, 1.165) is 12.1 Å². The second-order valence-electron chi connectivity index (χ2n) is 4.72. The van der Waals surface area contributed by atoms with E-state index in [2.05, 4.69) is 20.6 Å². The Balaban J connectivity index is 1.99. The first-order valence-electron chi connectivity index (χ1n) is 7.12. The molecule has 0 aliphatic carbocycles. The van der Waals surface area contributed by atoms with Gasteiger partial charge in [0.2, 0.25) is 0 Å². The van der Waals surface area contributed by atoms with Gasteiger partial charge in [-0.15, -0.1) is 0 Å². The Bertz CT molecular complexity index is 644. The quantitative estimate of drug-likeness (QED) is 0.847. The smallest absolute Gasteiger partial charge is 0.253 e. The van der Waals surface area contributed by atoms with Gasteiger partial charge in [0.05, 0.1) is 23.4 Å². The Labute approximate surface area is 129 Å². The lowest BCUT2D eigenvalue weighted by atomic mass is 10.2. The van der Waals surface area contributed by atoms with Gasteiger partial charge in [-0.3, -0.25) is 19.6 Å². The Morgan fingerprint density at radius 1 is 1.09 bits per heavy atom. The second-order valence-corrected chi connectivity index (χ2v) is 4.72. The van der Waals surface area contributed by atoms with Crippen LogP contribution in [0.1, 0.15) is 39.8 Å². The van der Waals surface area contributed by atoms with E-state index >= 15 is 0 Å². The molecule has 0 radical (unpaired) electrons. The normalized spacial score (nSPS) is 10.0. The molecule has 0 atom stereocenters. The van der Waals surface area contributed by atoms with Crippen LogP contribution >= 0.6 is 0 Å². The average molecular weight is 298 g/mol. The van der Waals surface area contributed by atoms with Crippen molar-refractivity contribution in [3.05, 3.63) is 59.7 Å². The molecule has 114 valence electrons. The van der Waals surface area contributed by atoms with Crippen molar-refractivity contribution in [2.24, 2.45) is 0 Å². The zero-order chi connectivity index (χ0) is 15.8. The van der Waals surface area contributed by atoms with Crippen LogP contribution in [0.4, 0.5) is 0 Å². The summed E-state index contributed by atoms with van der Waals surface area (Å²) in [5.41, 5.74) is 1.49. The molecule has 2 N–H and O–H groups in total. The van der Waals surface area contributed by atoms with Crippen LogP contribution in [0.3, 0.4) is 0 Å². The molecular formula is C16H18N4O2.